The molecule has 23 heavy (non-hydrogen) atoms. The number of hydrogen-bond acceptors (Lipinski definition) is 2. The van der Waals surface area contributed by atoms with Gasteiger partial charge in [-0.15, -0.1) is 13.2 Å². The summed E-state index contributed by atoms with van der Waals surface area (Å²) >= 11 is 0. The van der Waals surface area contributed by atoms with Gasteiger partial charge in [-0.05, 0) is 54.2 Å². The SMILES string of the molecule is CCC1CCc2c(cccc2-c2cccc(OC(F)(F)F)c2)N1. The van der Waals surface area contributed by atoms with Crippen LogP contribution in [0.1, 0.15) is 25.3 Å². The second-order valence-electron chi connectivity index (χ2n) is 5.70. The lowest BCUT2D eigenvalue weighted by molar-refractivity contribution is -0.274. The van der Waals surface area contributed by atoms with Crippen molar-refractivity contribution in [1.29, 1.82) is 0 Å². The fourth-order valence-electron chi connectivity index (χ4n) is 3.04. The maximum atomic E-state index is 12.4. The molecular weight excluding hydrogens is 303 g/mol. The third kappa shape index (κ3) is 3.60. The van der Waals surface area contributed by atoms with E-state index in [2.05, 4.69) is 17.0 Å². The normalized spacial score (nSPS) is 17.3. The summed E-state index contributed by atoms with van der Waals surface area (Å²) in [5.74, 6) is -0.192. The maximum Gasteiger partial charge on any atom is 0.573 e. The molecule has 1 aliphatic rings. The van der Waals surface area contributed by atoms with E-state index in [4.69, 9.17) is 0 Å². The Morgan fingerprint density at radius 3 is 2.70 bits per heavy atom. The first-order valence-corrected chi connectivity index (χ1v) is 7.71. The zero-order chi connectivity index (χ0) is 16.4. The first kappa shape index (κ1) is 15.7. The van der Waals surface area contributed by atoms with Crippen LogP contribution in [0.2, 0.25) is 0 Å². The number of benzene rings is 2. The summed E-state index contributed by atoms with van der Waals surface area (Å²) in [6, 6.07) is 12.5. The Morgan fingerprint density at radius 1 is 1.17 bits per heavy atom. The number of nitrogens with one attached hydrogen (secondary N) is 1. The molecule has 1 aliphatic heterocycles. The molecule has 1 N–H and O–H groups in total. The van der Waals surface area contributed by atoms with Crippen molar-refractivity contribution in [2.24, 2.45) is 0 Å². The molecule has 2 nitrogen and oxygen atoms in total. The molecule has 1 unspecified atom stereocenters. The lowest BCUT2D eigenvalue weighted by atomic mass is 9.90. The molecule has 0 spiro atoms. The molecule has 0 bridgehead atoms. The quantitative estimate of drug-likeness (QED) is 0.818. The van der Waals surface area contributed by atoms with E-state index >= 15 is 0 Å². The van der Waals surface area contributed by atoms with Gasteiger partial charge in [0.25, 0.3) is 0 Å². The van der Waals surface area contributed by atoms with Gasteiger partial charge in [0.05, 0.1) is 0 Å². The van der Waals surface area contributed by atoms with Gasteiger partial charge in [-0.25, -0.2) is 0 Å². The van der Waals surface area contributed by atoms with Crippen molar-refractivity contribution >= 4 is 5.69 Å². The van der Waals surface area contributed by atoms with Crippen LogP contribution < -0.4 is 10.1 Å². The zero-order valence-electron chi connectivity index (χ0n) is 12.8. The molecule has 1 atom stereocenters. The van der Waals surface area contributed by atoms with E-state index in [0.29, 0.717) is 6.04 Å². The number of ether oxygens (including phenoxy) is 1. The Balaban J connectivity index is 1.95. The second-order valence-corrected chi connectivity index (χ2v) is 5.70. The Bertz CT molecular complexity index is 697. The van der Waals surface area contributed by atoms with Gasteiger partial charge in [0.2, 0.25) is 0 Å². The average Bonchev–Trinajstić information content (AvgIpc) is 2.52. The van der Waals surface area contributed by atoms with E-state index in [1.807, 2.05) is 24.3 Å². The number of halogens is 3. The first-order valence-electron chi connectivity index (χ1n) is 7.71. The lowest BCUT2D eigenvalue weighted by Gasteiger charge is -2.28. The van der Waals surface area contributed by atoms with Gasteiger partial charge in [0.1, 0.15) is 5.75 Å². The van der Waals surface area contributed by atoms with Crippen LogP contribution in [0, 0.1) is 0 Å². The van der Waals surface area contributed by atoms with Crippen LogP contribution >= 0.6 is 0 Å². The monoisotopic (exact) mass is 321 g/mol. The standard InChI is InChI=1S/C18H18F3NO/c1-2-13-9-10-16-15(7-4-8-17(16)22-13)12-5-3-6-14(11-12)23-18(19,20)21/h3-8,11,13,22H,2,9-10H2,1H3. The Labute approximate surface area is 133 Å². The Hall–Kier alpha value is -2.17. The fourth-order valence-corrected chi connectivity index (χ4v) is 3.04. The van der Waals surface area contributed by atoms with Crippen molar-refractivity contribution < 1.29 is 17.9 Å². The van der Waals surface area contributed by atoms with Crippen LogP contribution in [-0.4, -0.2) is 12.4 Å². The van der Waals surface area contributed by atoms with Gasteiger partial charge in [-0.2, -0.15) is 0 Å². The molecule has 2 aromatic carbocycles. The highest BCUT2D eigenvalue weighted by Gasteiger charge is 2.31. The summed E-state index contributed by atoms with van der Waals surface area (Å²) in [4.78, 5) is 0. The molecule has 0 aromatic heterocycles. The van der Waals surface area contributed by atoms with E-state index in [9.17, 15) is 13.2 Å². The van der Waals surface area contributed by atoms with Crippen molar-refractivity contribution in [3.8, 4) is 16.9 Å². The molecule has 1 heterocycles. The highest BCUT2D eigenvalue weighted by Crippen LogP contribution is 2.36. The van der Waals surface area contributed by atoms with Gasteiger partial charge in [-0.1, -0.05) is 31.2 Å². The molecule has 0 saturated heterocycles. The number of fused-ring (bicyclic) bond motifs is 1. The van der Waals surface area contributed by atoms with Gasteiger partial charge in [0.15, 0.2) is 0 Å². The molecule has 5 heteroatoms. The zero-order valence-corrected chi connectivity index (χ0v) is 12.8. The average molecular weight is 321 g/mol. The molecular formula is C18H18F3NO. The Morgan fingerprint density at radius 2 is 1.96 bits per heavy atom. The molecule has 2 aromatic rings. The minimum atomic E-state index is -4.68. The second kappa shape index (κ2) is 6.14. The highest BCUT2D eigenvalue weighted by molar-refractivity contribution is 5.75. The van der Waals surface area contributed by atoms with Crippen molar-refractivity contribution in [2.45, 2.75) is 38.6 Å². The minimum Gasteiger partial charge on any atom is -0.406 e. The smallest absolute Gasteiger partial charge is 0.406 e. The van der Waals surface area contributed by atoms with Crippen molar-refractivity contribution in [2.75, 3.05) is 5.32 Å². The van der Waals surface area contributed by atoms with E-state index in [-0.39, 0.29) is 5.75 Å². The molecule has 0 amide bonds. The van der Waals surface area contributed by atoms with Crippen LogP contribution in [0.15, 0.2) is 42.5 Å². The van der Waals surface area contributed by atoms with E-state index < -0.39 is 6.36 Å². The topological polar surface area (TPSA) is 21.3 Å². The predicted octanol–water partition coefficient (Wildman–Crippen LogP) is 5.39. The largest absolute Gasteiger partial charge is 0.573 e. The number of alkyl halides is 3. The summed E-state index contributed by atoms with van der Waals surface area (Å²) in [5.41, 5.74) is 3.92. The van der Waals surface area contributed by atoms with Crippen LogP contribution in [0.4, 0.5) is 18.9 Å². The molecule has 0 aliphatic carbocycles. The number of rotatable bonds is 3. The van der Waals surface area contributed by atoms with Crippen molar-refractivity contribution in [3.05, 3.63) is 48.0 Å². The summed E-state index contributed by atoms with van der Waals surface area (Å²) in [6.07, 6.45) is -1.68. The summed E-state index contributed by atoms with van der Waals surface area (Å²) in [6.45, 7) is 2.14. The lowest BCUT2D eigenvalue weighted by Crippen LogP contribution is -2.24. The van der Waals surface area contributed by atoms with E-state index in [1.165, 1.54) is 12.1 Å². The molecule has 122 valence electrons. The third-order valence-electron chi connectivity index (χ3n) is 4.15. The fraction of sp³-hybridized carbons (Fsp3) is 0.333. The van der Waals surface area contributed by atoms with E-state index in [1.54, 1.807) is 6.07 Å². The van der Waals surface area contributed by atoms with Gasteiger partial charge >= 0.3 is 6.36 Å². The van der Waals surface area contributed by atoms with Crippen molar-refractivity contribution in [1.82, 2.24) is 0 Å². The summed E-state index contributed by atoms with van der Waals surface area (Å²) < 4.78 is 41.2. The molecule has 0 saturated carbocycles. The summed E-state index contributed by atoms with van der Waals surface area (Å²) in [7, 11) is 0. The van der Waals surface area contributed by atoms with Gasteiger partial charge < -0.3 is 10.1 Å². The predicted molar refractivity (Wildman–Crippen MR) is 84.6 cm³/mol. The molecule has 0 fully saturated rings. The van der Waals surface area contributed by atoms with E-state index in [0.717, 1.165) is 41.6 Å². The summed E-state index contributed by atoms with van der Waals surface area (Å²) in [5, 5.41) is 3.50. The number of anilines is 1. The third-order valence-corrected chi connectivity index (χ3v) is 4.15. The first-order chi connectivity index (χ1) is 11.0. The maximum absolute atomic E-state index is 12.4. The van der Waals surface area contributed by atoms with Crippen LogP contribution in [0.3, 0.4) is 0 Å². The minimum absolute atomic E-state index is 0.192. The van der Waals surface area contributed by atoms with Gasteiger partial charge in [0, 0.05) is 11.7 Å². The van der Waals surface area contributed by atoms with Crippen LogP contribution in [0.25, 0.3) is 11.1 Å². The van der Waals surface area contributed by atoms with Gasteiger partial charge in [-0.3, -0.25) is 0 Å². The molecule has 0 radical (unpaired) electrons. The van der Waals surface area contributed by atoms with Crippen LogP contribution in [0.5, 0.6) is 5.75 Å². The Kier molecular flexibility index (Phi) is 4.20. The molecule has 3 rings (SSSR count). The number of hydrogen-bond donors (Lipinski definition) is 1. The van der Waals surface area contributed by atoms with Crippen molar-refractivity contribution in [3.63, 3.8) is 0 Å². The highest BCUT2D eigenvalue weighted by atomic mass is 19.4. The van der Waals surface area contributed by atoms with Crippen LogP contribution in [-0.2, 0) is 6.42 Å².